The quantitative estimate of drug-likeness (QED) is 0.732. The zero-order valence-corrected chi connectivity index (χ0v) is 15.8. The molecule has 0 aliphatic heterocycles. The van der Waals surface area contributed by atoms with Gasteiger partial charge in [0.1, 0.15) is 0 Å². The van der Waals surface area contributed by atoms with Crippen LogP contribution in [0, 0.1) is 5.92 Å². The van der Waals surface area contributed by atoms with Gasteiger partial charge in [-0.3, -0.25) is 4.79 Å². The summed E-state index contributed by atoms with van der Waals surface area (Å²) in [4.78, 5) is 15.6. The molecule has 0 aliphatic rings. The summed E-state index contributed by atoms with van der Waals surface area (Å²) in [5.41, 5.74) is 1.60. The normalized spacial score (nSPS) is 12.5. The standard InChI is InChI=1S/C21H27NO.ClH/c1-5-21(18-12-8-6-9-13-18,19-14-10-7-11-15-19)20(23)17(2)16-22(3)4;/h6-15,17H,5,16H2,1-4H3;1H. The number of hydrogen-bond acceptors (Lipinski definition) is 2. The maximum absolute atomic E-state index is 13.5. The molecule has 24 heavy (non-hydrogen) atoms. The Morgan fingerprint density at radius 3 is 1.71 bits per heavy atom. The van der Waals surface area contributed by atoms with Crippen molar-refractivity contribution >= 4 is 18.2 Å². The van der Waals surface area contributed by atoms with E-state index in [1.54, 1.807) is 0 Å². The van der Waals surface area contributed by atoms with Crippen molar-refractivity contribution < 1.29 is 4.79 Å². The number of halogens is 1. The first-order valence-corrected chi connectivity index (χ1v) is 8.32. The topological polar surface area (TPSA) is 20.3 Å². The molecule has 2 nitrogen and oxygen atoms in total. The maximum atomic E-state index is 13.5. The van der Waals surface area contributed by atoms with Crippen molar-refractivity contribution in [3.63, 3.8) is 0 Å². The minimum Gasteiger partial charge on any atom is -0.309 e. The number of carbonyl (C=O) groups is 1. The van der Waals surface area contributed by atoms with E-state index in [0.717, 1.165) is 24.1 Å². The molecule has 0 spiro atoms. The SMILES string of the molecule is CCC(C(=O)C(C)CN(C)C)(c1ccccc1)c1ccccc1.Cl. The average molecular weight is 346 g/mol. The van der Waals surface area contributed by atoms with E-state index >= 15 is 0 Å². The summed E-state index contributed by atoms with van der Waals surface area (Å²) in [6, 6.07) is 20.4. The van der Waals surface area contributed by atoms with Gasteiger partial charge in [-0.1, -0.05) is 74.5 Å². The van der Waals surface area contributed by atoms with Crippen molar-refractivity contribution in [3.05, 3.63) is 71.8 Å². The summed E-state index contributed by atoms with van der Waals surface area (Å²) >= 11 is 0. The van der Waals surface area contributed by atoms with Gasteiger partial charge in [-0.2, -0.15) is 0 Å². The Morgan fingerprint density at radius 2 is 1.38 bits per heavy atom. The molecule has 0 radical (unpaired) electrons. The van der Waals surface area contributed by atoms with Crippen LogP contribution in [0.2, 0.25) is 0 Å². The van der Waals surface area contributed by atoms with Gasteiger partial charge in [-0.25, -0.2) is 0 Å². The average Bonchev–Trinajstić information content (AvgIpc) is 2.57. The second kappa shape index (κ2) is 9.00. The van der Waals surface area contributed by atoms with Crippen molar-refractivity contribution in [3.8, 4) is 0 Å². The van der Waals surface area contributed by atoms with Gasteiger partial charge in [-0.15, -0.1) is 12.4 Å². The lowest BCUT2D eigenvalue weighted by atomic mass is 9.66. The van der Waals surface area contributed by atoms with Crippen LogP contribution in [-0.2, 0) is 10.2 Å². The summed E-state index contributed by atoms with van der Waals surface area (Å²) in [7, 11) is 4.03. The van der Waals surface area contributed by atoms with E-state index in [4.69, 9.17) is 0 Å². The zero-order chi connectivity index (χ0) is 16.9. The van der Waals surface area contributed by atoms with Gasteiger partial charge in [0.15, 0.2) is 5.78 Å². The van der Waals surface area contributed by atoms with Gasteiger partial charge in [0, 0.05) is 12.5 Å². The van der Waals surface area contributed by atoms with Crippen LogP contribution >= 0.6 is 12.4 Å². The highest BCUT2D eigenvalue weighted by Crippen LogP contribution is 2.38. The molecule has 3 heteroatoms. The van der Waals surface area contributed by atoms with E-state index in [-0.39, 0.29) is 18.3 Å². The molecule has 0 fully saturated rings. The number of hydrogen-bond donors (Lipinski definition) is 0. The lowest BCUT2D eigenvalue weighted by Crippen LogP contribution is -2.42. The van der Waals surface area contributed by atoms with Crippen molar-refractivity contribution in [1.29, 1.82) is 0 Å². The number of benzene rings is 2. The molecule has 0 saturated carbocycles. The van der Waals surface area contributed by atoms with E-state index in [0.29, 0.717) is 5.78 Å². The van der Waals surface area contributed by atoms with Crippen LogP contribution in [-0.4, -0.2) is 31.3 Å². The molecule has 2 rings (SSSR count). The highest BCUT2D eigenvalue weighted by Gasteiger charge is 2.42. The minimum absolute atomic E-state index is 0. The van der Waals surface area contributed by atoms with Crippen LogP contribution < -0.4 is 0 Å². The number of nitrogens with zero attached hydrogens (tertiary/aromatic N) is 1. The Kier molecular flexibility index (Phi) is 7.65. The third-order valence-electron chi connectivity index (χ3n) is 4.57. The molecule has 1 unspecified atom stereocenters. The molecular weight excluding hydrogens is 318 g/mol. The highest BCUT2D eigenvalue weighted by molar-refractivity contribution is 5.95. The summed E-state index contributed by atoms with van der Waals surface area (Å²) in [5, 5.41) is 0. The molecule has 2 aromatic rings. The smallest absolute Gasteiger partial charge is 0.151 e. The highest BCUT2D eigenvalue weighted by atomic mass is 35.5. The van der Waals surface area contributed by atoms with Gasteiger partial charge in [0.2, 0.25) is 0 Å². The summed E-state index contributed by atoms with van der Waals surface area (Å²) in [6.45, 7) is 4.92. The first-order chi connectivity index (χ1) is 11.0. The fourth-order valence-corrected chi connectivity index (χ4v) is 3.53. The molecule has 1 atom stereocenters. The second-order valence-electron chi connectivity index (χ2n) is 6.52. The molecule has 2 aromatic carbocycles. The Labute approximate surface area is 152 Å². The predicted molar refractivity (Wildman–Crippen MR) is 104 cm³/mol. The minimum atomic E-state index is -0.571. The fourth-order valence-electron chi connectivity index (χ4n) is 3.53. The van der Waals surface area contributed by atoms with Gasteiger partial charge in [-0.05, 0) is 31.6 Å². The maximum Gasteiger partial charge on any atom is 0.151 e. The molecule has 0 heterocycles. The van der Waals surface area contributed by atoms with Crippen molar-refractivity contribution in [2.24, 2.45) is 5.92 Å². The molecular formula is C21H28ClNO. The molecule has 0 aliphatic carbocycles. The van der Waals surface area contributed by atoms with Crippen LogP contribution in [0.25, 0.3) is 0 Å². The van der Waals surface area contributed by atoms with Gasteiger partial charge in [0.25, 0.3) is 0 Å². The second-order valence-corrected chi connectivity index (χ2v) is 6.52. The summed E-state index contributed by atoms with van der Waals surface area (Å²) in [6.07, 6.45) is 0.762. The number of carbonyl (C=O) groups excluding carboxylic acids is 1. The first kappa shape index (κ1) is 20.4. The van der Waals surface area contributed by atoms with Crippen LogP contribution in [0.5, 0.6) is 0 Å². The van der Waals surface area contributed by atoms with Crippen LogP contribution in [0.15, 0.2) is 60.7 Å². The third kappa shape index (κ3) is 4.06. The van der Waals surface area contributed by atoms with E-state index in [9.17, 15) is 4.79 Å². The molecule has 0 saturated heterocycles. The van der Waals surface area contributed by atoms with E-state index in [1.807, 2.05) is 57.4 Å². The van der Waals surface area contributed by atoms with Gasteiger partial charge >= 0.3 is 0 Å². The molecule has 130 valence electrons. The zero-order valence-electron chi connectivity index (χ0n) is 15.0. The third-order valence-corrected chi connectivity index (χ3v) is 4.57. The molecule has 0 amide bonds. The van der Waals surface area contributed by atoms with Gasteiger partial charge < -0.3 is 4.90 Å². The van der Waals surface area contributed by atoms with Crippen LogP contribution in [0.3, 0.4) is 0 Å². The van der Waals surface area contributed by atoms with Crippen molar-refractivity contribution in [2.45, 2.75) is 25.7 Å². The molecule has 0 aromatic heterocycles. The van der Waals surface area contributed by atoms with E-state index in [1.165, 1.54) is 0 Å². The number of ketones is 1. The lowest BCUT2D eigenvalue weighted by Gasteiger charge is -2.35. The Bertz CT molecular complexity index is 585. The van der Waals surface area contributed by atoms with Gasteiger partial charge in [0.05, 0.1) is 5.41 Å². The Hall–Kier alpha value is -1.64. The van der Waals surface area contributed by atoms with E-state index < -0.39 is 5.41 Å². The monoisotopic (exact) mass is 345 g/mol. The summed E-state index contributed by atoms with van der Waals surface area (Å²) in [5.74, 6) is 0.275. The Balaban J connectivity index is 0.00000288. The number of Topliss-reactive ketones (excluding diaryl/α,β-unsaturated/α-hetero) is 1. The van der Waals surface area contributed by atoms with Crippen LogP contribution in [0.1, 0.15) is 31.4 Å². The predicted octanol–water partition coefficient (Wildman–Crippen LogP) is 4.57. The fraction of sp³-hybridized carbons (Fsp3) is 0.381. The van der Waals surface area contributed by atoms with E-state index in [2.05, 4.69) is 36.1 Å². The lowest BCUT2D eigenvalue weighted by molar-refractivity contribution is -0.127. The largest absolute Gasteiger partial charge is 0.309 e. The van der Waals surface area contributed by atoms with Crippen molar-refractivity contribution in [1.82, 2.24) is 4.90 Å². The van der Waals surface area contributed by atoms with Crippen LogP contribution in [0.4, 0.5) is 0 Å². The first-order valence-electron chi connectivity index (χ1n) is 8.32. The summed E-state index contributed by atoms with van der Waals surface area (Å²) < 4.78 is 0. The molecule has 0 bridgehead atoms. The number of rotatable bonds is 7. The molecule has 0 N–H and O–H groups in total. The Morgan fingerprint density at radius 1 is 0.958 bits per heavy atom. The van der Waals surface area contributed by atoms with Crippen molar-refractivity contribution in [2.75, 3.05) is 20.6 Å².